The van der Waals surface area contributed by atoms with Gasteiger partial charge in [0.25, 0.3) is 0 Å². The Morgan fingerprint density at radius 1 is 1.24 bits per heavy atom. The van der Waals surface area contributed by atoms with Gasteiger partial charge in [0, 0.05) is 33.9 Å². The van der Waals surface area contributed by atoms with Crippen LogP contribution in [0, 0.1) is 0 Å². The molecule has 1 aliphatic heterocycles. The van der Waals surface area contributed by atoms with Gasteiger partial charge in [-0.15, -0.1) is 11.8 Å². The zero-order valence-electron chi connectivity index (χ0n) is 11.6. The molecule has 0 atom stereocenters. The van der Waals surface area contributed by atoms with Crippen LogP contribution in [0.25, 0.3) is 0 Å². The Kier molecular flexibility index (Phi) is 3.73. The quantitative estimate of drug-likeness (QED) is 0.834. The fourth-order valence-corrected chi connectivity index (χ4v) is 4.07. The van der Waals surface area contributed by atoms with Crippen molar-refractivity contribution >= 4 is 27.7 Å². The second kappa shape index (κ2) is 5.71. The van der Waals surface area contributed by atoms with Gasteiger partial charge in [-0.05, 0) is 31.0 Å². The van der Waals surface area contributed by atoms with Gasteiger partial charge in [0.05, 0.1) is 17.1 Å². The van der Waals surface area contributed by atoms with Crippen molar-refractivity contribution in [2.75, 3.05) is 0 Å². The highest BCUT2D eigenvalue weighted by Gasteiger charge is 2.31. The number of rotatable bonds is 4. The molecule has 1 saturated carbocycles. The Hall–Kier alpha value is -0.910. The van der Waals surface area contributed by atoms with Crippen LogP contribution in [-0.2, 0) is 18.8 Å². The average molecular weight is 362 g/mol. The first kappa shape index (κ1) is 13.7. The zero-order valence-corrected chi connectivity index (χ0v) is 14.0. The van der Waals surface area contributed by atoms with Crippen molar-refractivity contribution in [2.24, 2.45) is 0 Å². The summed E-state index contributed by atoms with van der Waals surface area (Å²) in [6, 6.07) is 8.38. The lowest BCUT2D eigenvalue weighted by atomic mass is 10.1. The third-order valence-electron chi connectivity index (χ3n) is 3.89. The van der Waals surface area contributed by atoms with Crippen LogP contribution in [-0.4, -0.2) is 9.97 Å². The fraction of sp³-hybridized carbons (Fsp3) is 0.375. The van der Waals surface area contributed by atoms with E-state index in [9.17, 15) is 0 Å². The molecular weight excluding hydrogens is 346 g/mol. The van der Waals surface area contributed by atoms with Crippen LogP contribution in [0.1, 0.15) is 41.5 Å². The van der Waals surface area contributed by atoms with Crippen LogP contribution in [0.3, 0.4) is 0 Å². The normalized spacial score (nSPS) is 17.0. The maximum Gasteiger partial charge on any atom is 0.139 e. The highest BCUT2D eigenvalue weighted by Crippen LogP contribution is 2.42. The molecule has 2 aliphatic rings. The van der Waals surface area contributed by atoms with Crippen molar-refractivity contribution in [3.05, 3.63) is 51.5 Å². The third kappa shape index (κ3) is 3.00. The van der Waals surface area contributed by atoms with Gasteiger partial charge in [-0.25, -0.2) is 9.97 Å². The van der Waals surface area contributed by atoms with E-state index in [0.29, 0.717) is 5.92 Å². The van der Waals surface area contributed by atoms with Crippen LogP contribution in [0.4, 0.5) is 0 Å². The molecule has 1 aromatic heterocycles. The van der Waals surface area contributed by atoms with E-state index in [-0.39, 0.29) is 0 Å². The topological polar surface area (TPSA) is 37.8 Å². The van der Waals surface area contributed by atoms with Crippen molar-refractivity contribution in [2.45, 2.75) is 42.5 Å². The largest absolute Gasteiger partial charge is 0.307 e. The predicted octanol–water partition coefficient (Wildman–Crippen LogP) is 4.01. The molecule has 0 unspecified atom stereocenters. The summed E-state index contributed by atoms with van der Waals surface area (Å²) < 4.78 is 1.12. The van der Waals surface area contributed by atoms with E-state index in [1.165, 1.54) is 34.7 Å². The summed E-state index contributed by atoms with van der Waals surface area (Å²) in [5.74, 6) is 2.50. The van der Waals surface area contributed by atoms with Crippen LogP contribution in [0.15, 0.2) is 33.6 Å². The molecule has 0 radical (unpaired) electrons. The lowest BCUT2D eigenvalue weighted by Crippen LogP contribution is -2.04. The third-order valence-corrected chi connectivity index (χ3v) is 5.38. The minimum absolute atomic E-state index is 0.691. The molecule has 108 valence electrons. The fourth-order valence-electron chi connectivity index (χ4n) is 2.71. The number of halogens is 1. The molecule has 21 heavy (non-hydrogen) atoms. The second-order valence-corrected chi connectivity index (χ2v) is 7.54. The molecule has 0 amide bonds. The van der Waals surface area contributed by atoms with E-state index >= 15 is 0 Å². The van der Waals surface area contributed by atoms with Gasteiger partial charge in [-0.1, -0.05) is 22.0 Å². The van der Waals surface area contributed by atoms with Crippen LogP contribution in [0.2, 0.25) is 0 Å². The standard InChI is InChI=1S/C16H16BrN3S/c17-11-2-1-3-12(6-11)21-9-15-19-14-8-18-7-13(14)16(20-15)10-4-5-10/h1-3,6,10,18H,4-5,7-9H2. The summed E-state index contributed by atoms with van der Waals surface area (Å²) in [5.41, 5.74) is 3.90. The molecule has 0 saturated heterocycles. The SMILES string of the molecule is Brc1cccc(SCc2nc3c(c(C4CC4)n2)CNC3)c1. The number of thioether (sulfide) groups is 1. The first-order valence-corrected chi connectivity index (χ1v) is 9.05. The van der Waals surface area contributed by atoms with Gasteiger partial charge >= 0.3 is 0 Å². The Bertz CT molecular complexity index is 685. The maximum atomic E-state index is 4.86. The summed E-state index contributed by atoms with van der Waals surface area (Å²) in [7, 11) is 0. The molecule has 1 N–H and O–H groups in total. The summed E-state index contributed by atoms with van der Waals surface area (Å²) in [4.78, 5) is 10.9. The van der Waals surface area contributed by atoms with E-state index in [2.05, 4.69) is 39.4 Å². The molecule has 1 fully saturated rings. The minimum Gasteiger partial charge on any atom is -0.307 e. The number of benzene rings is 1. The van der Waals surface area contributed by atoms with E-state index < -0.39 is 0 Å². The lowest BCUT2D eigenvalue weighted by Gasteiger charge is -2.09. The summed E-state index contributed by atoms with van der Waals surface area (Å²) in [5, 5.41) is 3.40. The Morgan fingerprint density at radius 2 is 2.14 bits per heavy atom. The summed E-state index contributed by atoms with van der Waals surface area (Å²) >= 11 is 5.31. The average Bonchev–Trinajstić information content (AvgIpc) is 3.22. The minimum atomic E-state index is 0.691. The summed E-state index contributed by atoms with van der Waals surface area (Å²) in [6.07, 6.45) is 2.59. The smallest absolute Gasteiger partial charge is 0.139 e. The van der Waals surface area contributed by atoms with E-state index in [1.807, 2.05) is 6.07 Å². The van der Waals surface area contributed by atoms with Gasteiger partial charge < -0.3 is 5.32 Å². The maximum absolute atomic E-state index is 4.86. The highest BCUT2D eigenvalue weighted by atomic mass is 79.9. The molecule has 0 spiro atoms. The zero-order chi connectivity index (χ0) is 14.2. The number of hydrogen-bond donors (Lipinski definition) is 1. The molecule has 0 bridgehead atoms. The Morgan fingerprint density at radius 3 is 2.95 bits per heavy atom. The number of hydrogen-bond acceptors (Lipinski definition) is 4. The molecule has 4 rings (SSSR count). The predicted molar refractivity (Wildman–Crippen MR) is 88.3 cm³/mol. The van der Waals surface area contributed by atoms with Crippen LogP contribution in [0.5, 0.6) is 0 Å². The van der Waals surface area contributed by atoms with E-state index in [1.54, 1.807) is 11.8 Å². The Labute approximate surface area is 137 Å². The van der Waals surface area contributed by atoms with Gasteiger partial charge in [0.1, 0.15) is 5.82 Å². The monoisotopic (exact) mass is 361 g/mol. The van der Waals surface area contributed by atoms with Crippen molar-refractivity contribution in [1.82, 2.24) is 15.3 Å². The number of nitrogens with one attached hydrogen (secondary N) is 1. The number of nitrogens with zero attached hydrogens (tertiary/aromatic N) is 2. The molecule has 1 aromatic carbocycles. The van der Waals surface area contributed by atoms with Crippen molar-refractivity contribution in [3.63, 3.8) is 0 Å². The molecule has 5 heteroatoms. The number of aromatic nitrogens is 2. The van der Waals surface area contributed by atoms with Crippen molar-refractivity contribution in [3.8, 4) is 0 Å². The Balaban J connectivity index is 1.56. The number of fused-ring (bicyclic) bond motifs is 1. The van der Waals surface area contributed by atoms with Gasteiger partial charge in [-0.3, -0.25) is 0 Å². The summed E-state index contributed by atoms with van der Waals surface area (Å²) in [6.45, 7) is 1.84. The van der Waals surface area contributed by atoms with Gasteiger partial charge in [-0.2, -0.15) is 0 Å². The van der Waals surface area contributed by atoms with Crippen LogP contribution >= 0.6 is 27.7 Å². The highest BCUT2D eigenvalue weighted by molar-refractivity contribution is 9.10. The van der Waals surface area contributed by atoms with Crippen LogP contribution < -0.4 is 5.32 Å². The molecule has 3 nitrogen and oxygen atoms in total. The van der Waals surface area contributed by atoms with Crippen molar-refractivity contribution in [1.29, 1.82) is 0 Å². The molecule has 2 heterocycles. The van der Waals surface area contributed by atoms with Gasteiger partial charge in [0.15, 0.2) is 0 Å². The molecule has 1 aliphatic carbocycles. The first-order valence-electron chi connectivity index (χ1n) is 7.27. The molecule has 2 aromatic rings. The second-order valence-electron chi connectivity index (χ2n) is 5.57. The first-order chi connectivity index (χ1) is 10.3. The molecular formula is C16H16BrN3S. The van der Waals surface area contributed by atoms with Crippen molar-refractivity contribution < 1.29 is 0 Å². The van der Waals surface area contributed by atoms with E-state index in [0.717, 1.165) is 29.1 Å². The lowest BCUT2D eigenvalue weighted by molar-refractivity contribution is 0.755. The van der Waals surface area contributed by atoms with E-state index in [4.69, 9.17) is 9.97 Å². The van der Waals surface area contributed by atoms with Gasteiger partial charge in [0.2, 0.25) is 0 Å².